The molecule has 0 radical (unpaired) electrons. The van der Waals surface area contributed by atoms with E-state index in [1.807, 2.05) is 24.3 Å². The Labute approximate surface area is 180 Å². The first kappa shape index (κ1) is 21.3. The van der Waals surface area contributed by atoms with Crippen LogP contribution in [0.15, 0.2) is 41.3 Å². The molecule has 5 nitrogen and oxygen atoms in total. The molecule has 3 rings (SSSR count). The molecule has 0 bridgehead atoms. The molecule has 1 aliphatic rings. The summed E-state index contributed by atoms with van der Waals surface area (Å²) in [5.74, 6) is -0.852. The molecule has 0 spiro atoms. The molecule has 0 aliphatic carbocycles. The Morgan fingerprint density at radius 1 is 1.17 bits per heavy atom. The molecule has 1 aliphatic heterocycles. The van der Waals surface area contributed by atoms with Gasteiger partial charge in [-0.05, 0) is 56.5 Å². The van der Waals surface area contributed by atoms with E-state index in [1.54, 1.807) is 4.90 Å². The van der Waals surface area contributed by atoms with Crippen molar-refractivity contribution in [1.82, 2.24) is 9.47 Å². The molecule has 1 aromatic carbocycles. The molecule has 1 aromatic heterocycles. The first-order valence-corrected chi connectivity index (χ1v) is 10.8. The van der Waals surface area contributed by atoms with Gasteiger partial charge in [0.2, 0.25) is 0 Å². The van der Waals surface area contributed by atoms with Crippen LogP contribution in [0, 0.1) is 13.8 Å². The highest BCUT2D eigenvalue weighted by atomic mass is 32.2. The number of rotatable bonds is 8. The molecular formula is C22H24N2O3S2. The second kappa shape index (κ2) is 9.41. The van der Waals surface area contributed by atoms with Gasteiger partial charge in [-0.3, -0.25) is 14.5 Å². The van der Waals surface area contributed by atoms with E-state index in [9.17, 15) is 9.59 Å². The highest BCUT2D eigenvalue weighted by Crippen LogP contribution is 2.34. The number of amides is 1. The number of benzene rings is 1. The van der Waals surface area contributed by atoms with Crippen LogP contribution in [0.4, 0.5) is 0 Å². The molecule has 1 saturated heterocycles. The molecule has 0 atom stereocenters. The Morgan fingerprint density at radius 2 is 1.90 bits per heavy atom. The Bertz CT molecular complexity index is 964. The lowest BCUT2D eigenvalue weighted by Gasteiger charge is -2.13. The Balaban J connectivity index is 1.72. The van der Waals surface area contributed by atoms with Crippen molar-refractivity contribution < 1.29 is 14.7 Å². The Morgan fingerprint density at radius 3 is 2.59 bits per heavy atom. The number of unbranched alkanes of at least 4 members (excludes halogenated alkanes) is 2. The van der Waals surface area contributed by atoms with Crippen molar-refractivity contribution >= 4 is 46.3 Å². The van der Waals surface area contributed by atoms with Crippen molar-refractivity contribution in [3.05, 3.63) is 58.3 Å². The van der Waals surface area contributed by atoms with E-state index >= 15 is 0 Å². The van der Waals surface area contributed by atoms with Crippen LogP contribution in [0.3, 0.4) is 0 Å². The number of aliphatic carboxylic acids is 1. The minimum Gasteiger partial charge on any atom is -0.481 e. The molecule has 0 saturated carbocycles. The summed E-state index contributed by atoms with van der Waals surface area (Å²) < 4.78 is 2.74. The molecule has 2 aromatic rings. The zero-order chi connectivity index (χ0) is 21.0. The van der Waals surface area contributed by atoms with Crippen molar-refractivity contribution in [3.8, 4) is 5.69 Å². The number of carbonyl (C=O) groups is 2. The van der Waals surface area contributed by atoms with E-state index in [0.29, 0.717) is 22.2 Å². The lowest BCUT2D eigenvalue weighted by Crippen LogP contribution is -2.29. The number of aromatic nitrogens is 1. The van der Waals surface area contributed by atoms with Gasteiger partial charge in [-0.25, -0.2) is 0 Å². The highest BCUT2D eigenvalue weighted by molar-refractivity contribution is 8.26. The predicted molar refractivity (Wildman–Crippen MR) is 121 cm³/mol. The average molecular weight is 429 g/mol. The molecule has 1 fully saturated rings. The molecule has 29 heavy (non-hydrogen) atoms. The first-order valence-electron chi connectivity index (χ1n) is 9.60. The van der Waals surface area contributed by atoms with E-state index in [-0.39, 0.29) is 12.3 Å². The molecule has 0 unspecified atom stereocenters. The smallest absolute Gasteiger partial charge is 0.303 e. The van der Waals surface area contributed by atoms with E-state index in [2.05, 4.69) is 36.6 Å². The van der Waals surface area contributed by atoms with Gasteiger partial charge in [0.25, 0.3) is 5.91 Å². The second-order valence-electron chi connectivity index (χ2n) is 7.04. The monoisotopic (exact) mass is 428 g/mol. The fraction of sp³-hybridized carbons (Fsp3) is 0.318. The maximum Gasteiger partial charge on any atom is 0.303 e. The van der Waals surface area contributed by atoms with Crippen LogP contribution >= 0.6 is 24.0 Å². The van der Waals surface area contributed by atoms with E-state index in [0.717, 1.165) is 35.5 Å². The van der Waals surface area contributed by atoms with Crippen LogP contribution in [-0.2, 0) is 9.59 Å². The van der Waals surface area contributed by atoms with Gasteiger partial charge < -0.3 is 9.67 Å². The summed E-state index contributed by atoms with van der Waals surface area (Å²) in [6.45, 7) is 4.64. The summed E-state index contributed by atoms with van der Waals surface area (Å²) in [6, 6.07) is 12.2. The Kier molecular flexibility index (Phi) is 6.92. The predicted octanol–water partition coefficient (Wildman–Crippen LogP) is 4.94. The van der Waals surface area contributed by atoms with E-state index < -0.39 is 5.97 Å². The van der Waals surface area contributed by atoms with Gasteiger partial charge in [-0.1, -0.05) is 48.6 Å². The summed E-state index contributed by atoms with van der Waals surface area (Å²) in [7, 11) is 0. The SMILES string of the molecule is Cc1cc(/C=C2\SC(=S)N(CCCCCC(=O)O)C2=O)c(C)n1-c1ccccc1. The second-order valence-corrected chi connectivity index (χ2v) is 8.71. The number of carboxylic acids is 1. The lowest BCUT2D eigenvalue weighted by molar-refractivity contribution is -0.137. The fourth-order valence-corrected chi connectivity index (χ4v) is 4.76. The largest absolute Gasteiger partial charge is 0.481 e. The van der Waals surface area contributed by atoms with Crippen LogP contribution in [0.2, 0.25) is 0 Å². The number of thioether (sulfide) groups is 1. The van der Waals surface area contributed by atoms with Crippen molar-refractivity contribution in [2.45, 2.75) is 39.5 Å². The minimum absolute atomic E-state index is 0.0669. The third-order valence-electron chi connectivity index (χ3n) is 4.92. The van der Waals surface area contributed by atoms with Crippen LogP contribution in [-0.4, -0.2) is 37.3 Å². The van der Waals surface area contributed by atoms with Crippen LogP contribution in [0.5, 0.6) is 0 Å². The number of thiocarbonyl (C=S) groups is 1. The number of carboxylic acid groups (broad SMARTS) is 1. The summed E-state index contributed by atoms with van der Waals surface area (Å²) >= 11 is 6.73. The van der Waals surface area contributed by atoms with Crippen LogP contribution in [0.25, 0.3) is 11.8 Å². The molecule has 1 N–H and O–H groups in total. The van der Waals surface area contributed by atoms with E-state index in [4.69, 9.17) is 17.3 Å². The Hall–Kier alpha value is -2.38. The number of nitrogens with zero attached hydrogens (tertiary/aromatic N) is 2. The quantitative estimate of drug-likeness (QED) is 0.367. The number of para-hydroxylation sites is 1. The van der Waals surface area contributed by atoms with Crippen LogP contribution in [0.1, 0.15) is 42.6 Å². The summed E-state index contributed by atoms with van der Waals surface area (Å²) in [6.07, 6.45) is 4.21. The third-order valence-corrected chi connectivity index (χ3v) is 6.30. The van der Waals surface area contributed by atoms with Crippen molar-refractivity contribution in [2.75, 3.05) is 6.54 Å². The molecule has 2 heterocycles. The summed E-state index contributed by atoms with van der Waals surface area (Å²) in [4.78, 5) is 25.7. The third kappa shape index (κ3) is 4.97. The van der Waals surface area contributed by atoms with Gasteiger partial charge in [0.1, 0.15) is 4.32 Å². The topological polar surface area (TPSA) is 62.5 Å². The maximum atomic E-state index is 12.8. The molecule has 7 heteroatoms. The first-order chi connectivity index (χ1) is 13.9. The standard InChI is InChI=1S/C22H24N2O3S2/c1-15-13-17(16(2)24(15)18-9-5-3-6-10-18)14-19-21(27)23(22(28)29-19)12-8-4-7-11-20(25)26/h3,5-6,9-10,13-14H,4,7-8,11-12H2,1-2H3,(H,25,26)/b19-14-. The number of hydrogen-bond acceptors (Lipinski definition) is 4. The fourth-order valence-electron chi connectivity index (χ4n) is 3.47. The minimum atomic E-state index is -0.786. The lowest BCUT2D eigenvalue weighted by atomic mass is 10.2. The van der Waals surface area contributed by atoms with Gasteiger partial charge >= 0.3 is 5.97 Å². The normalized spacial score (nSPS) is 15.5. The summed E-state index contributed by atoms with van der Waals surface area (Å²) in [5.41, 5.74) is 4.28. The van der Waals surface area contributed by atoms with Gasteiger partial charge in [-0.15, -0.1) is 0 Å². The average Bonchev–Trinajstić information content (AvgIpc) is 3.11. The van der Waals surface area contributed by atoms with Crippen molar-refractivity contribution in [3.63, 3.8) is 0 Å². The molecular weight excluding hydrogens is 404 g/mol. The van der Waals surface area contributed by atoms with Crippen LogP contribution < -0.4 is 0 Å². The molecule has 152 valence electrons. The zero-order valence-electron chi connectivity index (χ0n) is 16.6. The van der Waals surface area contributed by atoms with Gasteiger partial charge in [0.15, 0.2) is 0 Å². The molecule has 1 amide bonds. The van der Waals surface area contributed by atoms with Crippen molar-refractivity contribution in [1.29, 1.82) is 0 Å². The number of carbonyl (C=O) groups excluding carboxylic acids is 1. The van der Waals surface area contributed by atoms with Gasteiger partial charge in [-0.2, -0.15) is 0 Å². The van der Waals surface area contributed by atoms with Crippen molar-refractivity contribution in [2.24, 2.45) is 0 Å². The number of hydrogen-bond donors (Lipinski definition) is 1. The highest BCUT2D eigenvalue weighted by Gasteiger charge is 2.31. The van der Waals surface area contributed by atoms with E-state index in [1.165, 1.54) is 11.8 Å². The number of aryl methyl sites for hydroxylation is 1. The maximum absolute atomic E-state index is 12.8. The van der Waals surface area contributed by atoms with Gasteiger partial charge in [0, 0.05) is 30.0 Å². The zero-order valence-corrected chi connectivity index (χ0v) is 18.2. The van der Waals surface area contributed by atoms with Gasteiger partial charge in [0.05, 0.1) is 4.91 Å². The summed E-state index contributed by atoms with van der Waals surface area (Å²) in [5, 5.41) is 8.70.